The second-order valence-electron chi connectivity index (χ2n) is 9.95. The molecule has 0 radical (unpaired) electrons. The molecule has 4 unspecified atom stereocenters. The predicted molar refractivity (Wildman–Crippen MR) is 123 cm³/mol. The van der Waals surface area contributed by atoms with Crippen LogP contribution in [0.1, 0.15) is 80.1 Å². The summed E-state index contributed by atoms with van der Waals surface area (Å²) in [5.41, 5.74) is 2.35. The maximum atomic E-state index is 11.4. The number of allylic oxidation sites excluding steroid dienone is 1. The van der Waals surface area contributed by atoms with Gasteiger partial charge in [-0.15, -0.1) is 0 Å². The van der Waals surface area contributed by atoms with E-state index in [2.05, 4.69) is 26.8 Å². The van der Waals surface area contributed by atoms with Gasteiger partial charge in [-0.3, -0.25) is 14.4 Å². The summed E-state index contributed by atoms with van der Waals surface area (Å²) in [6.45, 7) is 12.1. The Morgan fingerprint density at radius 2 is 1.69 bits per heavy atom. The van der Waals surface area contributed by atoms with Gasteiger partial charge in [-0.25, -0.2) is 0 Å². The molecule has 0 saturated heterocycles. The van der Waals surface area contributed by atoms with Crippen molar-refractivity contribution in [2.75, 3.05) is 19.8 Å². The van der Waals surface area contributed by atoms with Crippen molar-refractivity contribution < 1.29 is 28.6 Å². The third kappa shape index (κ3) is 6.46. The van der Waals surface area contributed by atoms with Gasteiger partial charge in [0.05, 0.1) is 0 Å². The van der Waals surface area contributed by atoms with E-state index in [0.29, 0.717) is 18.4 Å². The van der Waals surface area contributed by atoms with Crippen molar-refractivity contribution in [1.29, 1.82) is 0 Å². The number of hydrogen-bond acceptors (Lipinski definition) is 6. The minimum Gasteiger partial charge on any atom is -0.462 e. The number of rotatable bonds is 9. The summed E-state index contributed by atoms with van der Waals surface area (Å²) in [6.07, 6.45) is 10.2. The lowest BCUT2D eigenvalue weighted by Crippen LogP contribution is -2.50. The Morgan fingerprint density at radius 1 is 1.03 bits per heavy atom. The summed E-state index contributed by atoms with van der Waals surface area (Å²) in [4.78, 5) is 33.9. The van der Waals surface area contributed by atoms with Crippen LogP contribution in [0, 0.1) is 22.7 Å². The molecule has 0 bridgehead atoms. The summed E-state index contributed by atoms with van der Waals surface area (Å²) in [7, 11) is 0. The van der Waals surface area contributed by atoms with Crippen LogP contribution in [0.2, 0.25) is 0 Å². The molecule has 2 rings (SSSR count). The van der Waals surface area contributed by atoms with Crippen LogP contribution in [0.15, 0.2) is 23.3 Å². The Hall–Kier alpha value is -2.11. The highest BCUT2D eigenvalue weighted by Crippen LogP contribution is 2.62. The highest BCUT2D eigenvalue weighted by atomic mass is 16.5. The van der Waals surface area contributed by atoms with E-state index in [1.165, 1.54) is 26.3 Å². The Bertz CT molecular complexity index is 766. The van der Waals surface area contributed by atoms with Gasteiger partial charge >= 0.3 is 17.9 Å². The maximum absolute atomic E-state index is 11.4. The fourth-order valence-electron chi connectivity index (χ4n) is 5.74. The maximum Gasteiger partial charge on any atom is 0.302 e. The van der Waals surface area contributed by atoms with Gasteiger partial charge in [0, 0.05) is 20.8 Å². The van der Waals surface area contributed by atoms with E-state index in [-0.39, 0.29) is 42.0 Å². The minimum atomic E-state index is -0.328. The number of esters is 3. The first kappa shape index (κ1) is 26.1. The summed E-state index contributed by atoms with van der Waals surface area (Å²) in [5.74, 6) is 0.151. The monoisotopic (exact) mass is 448 g/mol. The Morgan fingerprint density at radius 3 is 2.31 bits per heavy atom. The highest BCUT2D eigenvalue weighted by molar-refractivity contribution is 5.66. The van der Waals surface area contributed by atoms with E-state index in [9.17, 15) is 14.4 Å². The van der Waals surface area contributed by atoms with E-state index in [4.69, 9.17) is 14.2 Å². The van der Waals surface area contributed by atoms with Gasteiger partial charge in [-0.05, 0) is 78.4 Å². The Kier molecular flexibility index (Phi) is 9.11. The first-order valence-electron chi connectivity index (χ1n) is 11.8. The largest absolute Gasteiger partial charge is 0.462 e. The van der Waals surface area contributed by atoms with Crippen molar-refractivity contribution in [2.24, 2.45) is 22.7 Å². The van der Waals surface area contributed by atoms with Gasteiger partial charge in [0.2, 0.25) is 0 Å². The quantitative estimate of drug-likeness (QED) is 0.275. The van der Waals surface area contributed by atoms with Crippen molar-refractivity contribution >= 4 is 17.9 Å². The molecule has 6 heteroatoms. The molecule has 0 N–H and O–H groups in total. The van der Waals surface area contributed by atoms with Crippen LogP contribution >= 0.6 is 0 Å². The molecule has 6 nitrogen and oxygen atoms in total. The van der Waals surface area contributed by atoms with Gasteiger partial charge in [0.1, 0.15) is 19.8 Å². The molecule has 180 valence electrons. The minimum absolute atomic E-state index is 0.0203. The molecule has 1 fully saturated rings. The zero-order valence-corrected chi connectivity index (χ0v) is 20.6. The molecule has 0 spiro atoms. The van der Waals surface area contributed by atoms with Crippen LogP contribution in [-0.4, -0.2) is 37.7 Å². The second-order valence-corrected chi connectivity index (χ2v) is 9.95. The van der Waals surface area contributed by atoms with E-state index in [0.717, 1.165) is 44.1 Å². The molecule has 0 aromatic rings. The number of fused-ring (bicyclic) bond motifs is 1. The van der Waals surface area contributed by atoms with Crippen LogP contribution in [0.5, 0.6) is 0 Å². The van der Waals surface area contributed by atoms with E-state index < -0.39 is 0 Å². The lowest BCUT2D eigenvalue weighted by Gasteiger charge is -2.58. The van der Waals surface area contributed by atoms with Gasteiger partial charge in [0.15, 0.2) is 0 Å². The smallest absolute Gasteiger partial charge is 0.302 e. The molecule has 0 amide bonds. The van der Waals surface area contributed by atoms with Crippen molar-refractivity contribution in [2.45, 2.75) is 80.1 Å². The molecule has 1 saturated carbocycles. The molecular formula is C26H40O6. The molecular weight excluding hydrogens is 408 g/mol. The normalized spacial score (nSPS) is 30.1. The topological polar surface area (TPSA) is 78.9 Å². The second kappa shape index (κ2) is 11.2. The standard InChI is InChI=1S/C26H40O6/c1-18-10-13-26(6)23(17-32-21(4)29)8-7-9-24(26)25(18,5)14-11-22(16-31-20(3)28)12-15-30-19(2)27/h8,12,18,24H,7,9-11,13-17H2,1-6H3. The molecule has 0 aromatic heterocycles. The molecule has 4 atom stereocenters. The third-order valence-electron chi connectivity index (χ3n) is 7.90. The van der Waals surface area contributed by atoms with Gasteiger partial charge in [0.25, 0.3) is 0 Å². The summed E-state index contributed by atoms with van der Waals surface area (Å²) in [6, 6.07) is 0. The van der Waals surface area contributed by atoms with E-state index in [1.807, 2.05) is 6.08 Å². The zero-order valence-electron chi connectivity index (χ0n) is 20.6. The fraction of sp³-hybridized carbons (Fsp3) is 0.731. The van der Waals surface area contributed by atoms with Crippen LogP contribution in [0.4, 0.5) is 0 Å². The molecule has 2 aliphatic carbocycles. The van der Waals surface area contributed by atoms with Crippen LogP contribution in [0.3, 0.4) is 0 Å². The first-order valence-corrected chi connectivity index (χ1v) is 11.8. The third-order valence-corrected chi connectivity index (χ3v) is 7.90. The van der Waals surface area contributed by atoms with Crippen molar-refractivity contribution in [3.63, 3.8) is 0 Å². The predicted octanol–water partition coefficient (Wildman–Crippen LogP) is 5.16. The summed E-state index contributed by atoms with van der Waals surface area (Å²) >= 11 is 0. The highest BCUT2D eigenvalue weighted by Gasteiger charge is 2.53. The number of ether oxygens (including phenoxy) is 3. The number of carbonyl (C=O) groups is 3. The van der Waals surface area contributed by atoms with Gasteiger partial charge < -0.3 is 14.2 Å². The average Bonchev–Trinajstić information content (AvgIpc) is 2.71. The summed E-state index contributed by atoms with van der Waals surface area (Å²) in [5, 5.41) is 0. The zero-order chi connectivity index (χ0) is 23.9. The molecule has 32 heavy (non-hydrogen) atoms. The fourth-order valence-corrected chi connectivity index (χ4v) is 5.74. The Labute approximate surface area is 192 Å². The molecule has 0 aromatic carbocycles. The van der Waals surface area contributed by atoms with Crippen LogP contribution in [-0.2, 0) is 28.6 Å². The van der Waals surface area contributed by atoms with Gasteiger partial charge in [-0.2, -0.15) is 0 Å². The Balaban J connectivity index is 2.19. The van der Waals surface area contributed by atoms with Crippen molar-refractivity contribution in [1.82, 2.24) is 0 Å². The molecule has 0 heterocycles. The summed E-state index contributed by atoms with van der Waals surface area (Å²) < 4.78 is 15.7. The van der Waals surface area contributed by atoms with Crippen LogP contribution < -0.4 is 0 Å². The van der Waals surface area contributed by atoms with E-state index >= 15 is 0 Å². The lowest BCUT2D eigenvalue weighted by atomic mass is 9.47. The van der Waals surface area contributed by atoms with E-state index in [1.54, 1.807) is 0 Å². The SMILES string of the molecule is CC(=O)OCC=C(CCC1(C)C(C)CCC2(C)C(COC(C)=O)=CCCC21)COC(C)=O. The molecule has 0 aliphatic heterocycles. The number of hydrogen-bond donors (Lipinski definition) is 0. The van der Waals surface area contributed by atoms with Gasteiger partial charge in [-0.1, -0.05) is 26.8 Å². The first-order chi connectivity index (χ1) is 15.0. The average molecular weight is 449 g/mol. The van der Waals surface area contributed by atoms with Crippen LogP contribution in [0.25, 0.3) is 0 Å². The van der Waals surface area contributed by atoms with Crippen molar-refractivity contribution in [3.8, 4) is 0 Å². The molecule has 2 aliphatic rings. The number of carbonyl (C=O) groups excluding carboxylic acids is 3. The lowest BCUT2D eigenvalue weighted by molar-refractivity contribution is -0.141. The van der Waals surface area contributed by atoms with Crippen molar-refractivity contribution in [3.05, 3.63) is 23.3 Å².